The second-order valence-electron chi connectivity index (χ2n) is 4.62. The number of nitrogens with two attached hydrogens (primary N) is 1. The third-order valence-electron chi connectivity index (χ3n) is 3.35. The highest BCUT2D eigenvalue weighted by Crippen LogP contribution is 2.27. The zero-order valence-corrected chi connectivity index (χ0v) is 10.3. The van der Waals surface area contributed by atoms with E-state index in [1.165, 1.54) is 6.07 Å². The molecule has 1 saturated carbocycles. The summed E-state index contributed by atoms with van der Waals surface area (Å²) in [6, 6.07) is 5.17. The summed E-state index contributed by atoms with van der Waals surface area (Å²) in [6.45, 7) is 0. The second kappa shape index (κ2) is 5.27. The van der Waals surface area contributed by atoms with Crippen LogP contribution in [0.2, 0.25) is 0 Å². The predicted octanol–water partition coefficient (Wildman–Crippen LogP) is 1.95. The maximum absolute atomic E-state index is 11.1. The van der Waals surface area contributed by atoms with Gasteiger partial charge in [0.2, 0.25) is 0 Å². The number of aromatic carboxylic acids is 1. The largest absolute Gasteiger partial charge is 0.478 e. The Kier molecular flexibility index (Phi) is 3.72. The highest BCUT2D eigenvalue weighted by Gasteiger charge is 2.25. The fraction of sp³-hybridized carbons (Fsp3) is 0.462. The third kappa shape index (κ3) is 2.73. The van der Waals surface area contributed by atoms with Gasteiger partial charge in [-0.25, -0.2) is 4.79 Å². The summed E-state index contributed by atoms with van der Waals surface area (Å²) in [5, 5.41) is 12.4. The van der Waals surface area contributed by atoms with Crippen molar-refractivity contribution in [2.45, 2.75) is 31.4 Å². The van der Waals surface area contributed by atoms with E-state index in [-0.39, 0.29) is 17.7 Å². The van der Waals surface area contributed by atoms with Crippen LogP contribution in [0.5, 0.6) is 0 Å². The van der Waals surface area contributed by atoms with Crippen LogP contribution in [0, 0.1) is 0 Å². The Labute approximate surface area is 106 Å². The van der Waals surface area contributed by atoms with E-state index in [0.717, 1.165) is 19.3 Å². The highest BCUT2D eigenvalue weighted by atomic mass is 16.5. The van der Waals surface area contributed by atoms with E-state index in [0.29, 0.717) is 11.4 Å². The Morgan fingerprint density at radius 3 is 2.89 bits per heavy atom. The number of hydrogen-bond acceptors (Lipinski definition) is 4. The molecule has 1 aliphatic carbocycles. The maximum Gasteiger partial charge on any atom is 0.337 e. The molecular weight excluding hydrogens is 232 g/mol. The summed E-state index contributed by atoms with van der Waals surface area (Å²) >= 11 is 0. The Morgan fingerprint density at radius 2 is 2.28 bits per heavy atom. The summed E-state index contributed by atoms with van der Waals surface area (Å²) in [4.78, 5) is 11.1. The van der Waals surface area contributed by atoms with Crippen LogP contribution < -0.4 is 11.1 Å². The number of hydrogen-bond donors (Lipinski definition) is 3. The molecule has 0 aliphatic heterocycles. The molecule has 2 unspecified atom stereocenters. The molecule has 18 heavy (non-hydrogen) atoms. The van der Waals surface area contributed by atoms with Gasteiger partial charge in [-0.2, -0.15) is 0 Å². The minimum absolute atomic E-state index is 0.218. The van der Waals surface area contributed by atoms with Crippen LogP contribution in [0.1, 0.15) is 29.6 Å². The van der Waals surface area contributed by atoms with E-state index in [1.807, 2.05) is 0 Å². The molecule has 0 saturated heterocycles. The first-order valence-electron chi connectivity index (χ1n) is 6.02. The standard InChI is InChI=1S/C13H18N2O3/c1-18-10-4-3-9(7-10)15-12-5-2-8(14)6-11(12)13(16)17/h2,5-6,9-10,15H,3-4,7,14H2,1H3,(H,16,17). The van der Waals surface area contributed by atoms with E-state index in [4.69, 9.17) is 15.6 Å². The molecule has 5 nitrogen and oxygen atoms in total. The van der Waals surface area contributed by atoms with Gasteiger partial charge in [0.05, 0.1) is 11.7 Å². The van der Waals surface area contributed by atoms with Crippen LogP contribution in [0.4, 0.5) is 11.4 Å². The number of carboxylic acid groups (broad SMARTS) is 1. The Bertz CT molecular complexity index is 448. The average molecular weight is 250 g/mol. The third-order valence-corrected chi connectivity index (χ3v) is 3.35. The summed E-state index contributed by atoms with van der Waals surface area (Å²) in [7, 11) is 1.71. The fourth-order valence-electron chi connectivity index (χ4n) is 2.37. The Hall–Kier alpha value is -1.75. The molecule has 0 spiro atoms. The molecule has 1 aliphatic rings. The summed E-state index contributed by atoms with van der Waals surface area (Å²) in [6.07, 6.45) is 3.16. The first-order valence-corrected chi connectivity index (χ1v) is 6.02. The van der Waals surface area contributed by atoms with E-state index in [9.17, 15) is 4.79 Å². The normalized spacial score (nSPS) is 22.9. The number of methoxy groups -OCH3 is 1. The van der Waals surface area contributed by atoms with E-state index >= 15 is 0 Å². The minimum atomic E-state index is -0.967. The second-order valence-corrected chi connectivity index (χ2v) is 4.62. The number of nitrogen functional groups attached to an aromatic ring is 1. The van der Waals surface area contributed by atoms with Crippen molar-refractivity contribution in [3.63, 3.8) is 0 Å². The van der Waals surface area contributed by atoms with Crippen LogP contribution in [0.3, 0.4) is 0 Å². The van der Waals surface area contributed by atoms with Gasteiger partial charge in [0.25, 0.3) is 0 Å². The Morgan fingerprint density at radius 1 is 1.50 bits per heavy atom. The van der Waals surface area contributed by atoms with Gasteiger partial charge >= 0.3 is 5.97 Å². The van der Waals surface area contributed by atoms with Gasteiger partial charge in [-0.3, -0.25) is 0 Å². The lowest BCUT2D eigenvalue weighted by atomic mass is 10.1. The van der Waals surface area contributed by atoms with Gasteiger partial charge in [-0.1, -0.05) is 0 Å². The SMILES string of the molecule is COC1CCC(Nc2ccc(N)cc2C(=O)O)C1. The number of benzene rings is 1. The summed E-state index contributed by atoms with van der Waals surface area (Å²) in [5.41, 5.74) is 6.91. The van der Waals surface area contributed by atoms with Gasteiger partial charge < -0.3 is 20.9 Å². The lowest BCUT2D eigenvalue weighted by Gasteiger charge is -2.16. The number of anilines is 2. The number of carboxylic acids is 1. The molecule has 0 bridgehead atoms. The van der Waals surface area contributed by atoms with Gasteiger partial charge in [0, 0.05) is 24.5 Å². The van der Waals surface area contributed by atoms with E-state index in [1.54, 1.807) is 19.2 Å². The molecule has 0 amide bonds. The zero-order valence-electron chi connectivity index (χ0n) is 10.3. The van der Waals surface area contributed by atoms with Crippen LogP contribution in [-0.4, -0.2) is 30.3 Å². The lowest BCUT2D eigenvalue weighted by Crippen LogP contribution is -2.19. The van der Waals surface area contributed by atoms with Gasteiger partial charge in [0.1, 0.15) is 0 Å². The molecule has 2 atom stereocenters. The fourth-order valence-corrected chi connectivity index (χ4v) is 2.37. The molecule has 1 aromatic carbocycles. The molecule has 0 aromatic heterocycles. The highest BCUT2D eigenvalue weighted by molar-refractivity contribution is 5.95. The van der Waals surface area contributed by atoms with Crippen molar-refractivity contribution in [3.8, 4) is 0 Å². The summed E-state index contributed by atoms with van der Waals surface area (Å²) in [5.74, 6) is -0.967. The molecule has 2 rings (SSSR count). The first-order chi connectivity index (χ1) is 8.60. The number of ether oxygens (including phenoxy) is 1. The molecule has 98 valence electrons. The van der Waals surface area contributed by atoms with Crippen molar-refractivity contribution in [1.29, 1.82) is 0 Å². The van der Waals surface area contributed by atoms with Crippen molar-refractivity contribution in [1.82, 2.24) is 0 Å². The average Bonchev–Trinajstić information content (AvgIpc) is 2.79. The molecule has 4 N–H and O–H groups in total. The quantitative estimate of drug-likeness (QED) is 0.711. The van der Waals surface area contributed by atoms with Gasteiger partial charge in [-0.05, 0) is 37.5 Å². The Balaban J connectivity index is 2.12. The summed E-state index contributed by atoms with van der Waals surface area (Å²) < 4.78 is 5.30. The van der Waals surface area contributed by atoms with Crippen molar-refractivity contribution in [2.75, 3.05) is 18.2 Å². The van der Waals surface area contributed by atoms with Crippen molar-refractivity contribution in [3.05, 3.63) is 23.8 Å². The maximum atomic E-state index is 11.1. The first kappa shape index (κ1) is 12.7. The van der Waals surface area contributed by atoms with Crippen molar-refractivity contribution >= 4 is 17.3 Å². The monoisotopic (exact) mass is 250 g/mol. The van der Waals surface area contributed by atoms with Crippen LogP contribution in [0.25, 0.3) is 0 Å². The van der Waals surface area contributed by atoms with Crippen LogP contribution in [-0.2, 0) is 4.74 Å². The molecular formula is C13H18N2O3. The number of rotatable bonds is 4. The lowest BCUT2D eigenvalue weighted by molar-refractivity contribution is 0.0698. The number of nitrogens with one attached hydrogen (secondary N) is 1. The van der Waals surface area contributed by atoms with Gasteiger partial charge in [-0.15, -0.1) is 0 Å². The molecule has 0 radical (unpaired) electrons. The van der Waals surface area contributed by atoms with Crippen molar-refractivity contribution < 1.29 is 14.6 Å². The van der Waals surface area contributed by atoms with Crippen LogP contribution >= 0.6 is 0 Å². The van der Waals surface area contributed by atoms with E-state index in [2.05, 4.69) is 5.32 Å². The van der Waals surface area contributed by atoms with E-state index < -0.39 is 5.97 Å². The molecule has 1 aromatic rings. The topological polar surface area (TPSA) is 84.6 Å². The molecule has 0 heterocycles. The molecule has 1 fully saturated rings. The smallest absolute Gasteiger partial charge is 0.337 e. The predicted molar refractivity (Wildman–Crippen MR) is 69.9 cm³/mol. The van der Waals surface area contributed by atoms with Crippen LogP contribution in [0.15, 0.2) is 18.2 Å². The number of carbonyl (C=O) groups is 1. The zero-order chi connectivity index (χ0) is 13.1. The van der Waals surface area contributed by atoms with Crippen molar-refractivity contribution in [2.24, 2.45) is 0 Å². The molecule has 5 heteroatoms. The minimum Gasteiger partial charge on any atom is -0.478 e. The van der Waals surface area contributed by atoms with Gasteiger partial charge in [0.15, 0.2) is 0 Å².